The summed E-state index contributed by atoms with van der Waals surface area (Å²) in [6.07, 6.45) is -3.89. The van der Waals surface area contributed by atoms with E-state index in [1.807, 2.05) is 25.9 Å². The molecule has 0 bridgehead atoms. The summed E-state index contributed by atoms with van der Waals surface area (Å²) in [5.41, 5.74) is 0.690. The third-order valence-electron chi connectivity index (χ3n) is 4.52. The average molecular weight is 379 g/mol. The molecule has 1 aromatic heterocycles. The van der Waals surface area contributed by atoms with E-state index in [4.69, 9.17) is 0 Å². The fraction of sp³-hybridized carbons (Fsp3) is 0.500. The Hall–Kier alpha value is -2.49. The molecule has 0 aliphatic carbocycles. The van der Waals surface area contributed by atoms with Crippen LogP contribution in [0.25, 0.3) is 11.0 Å². The van der Waals surface area contributed by atoms with Crippen molar-refractivity contribution in [3.8, 4) is 0 Å². The fourth-order valence-corrected chi connectivity index (χ4v) is 2.98. The van der Waals surface area contributed by atoms with Gasteiger partial charge in [-0.2, -0.15) is 0 Å². The Labute approximate surface area is 156 Å². The first-order chi connectivity index (χ1) is 12.6. The van der Waals surface area contributed by atoms with E-state index < -0.39 is 35.5 Å². The van der Waals surface area contributed by atoms with Crippen molar-refractivity contribution < 1.29 is 25.2 Å². The van der Waals surface area contributed by atoms with Crippen LogP contribution in [0.1, 0.15) is 29.4 Å². The predicted octanol–water partition coefficient (Wildman–Crippen LogP) is -0.0382. The van der Waals surface area contributed by atoms with E-state index in [1.54, 1.807) is 19.1 Å². The number of benzene rings is 1. The quantitative estimate of drug-likeness (QED) is 0.526. The van der Waals surface area contributed by atoms with Gasteiger partial charge in [-0.3, -0.25) is 4.79 Å². The number of anilines is 1. The molecule has 0 fully saturated rings. The Morgan fingerprint density at radius 3 is 2.37 bits per heavy atom. The fourth-order valence-electron chi connectivity index (χ4n) is 2.98. The number of aliphatic hydroxyl groups excluding tert-OH is 3. The second-order valence-corrected chi connectivity index (χ2v) is 6.74. The van der Waals surface area contributed by atoms with Gasteiger partial charge >= 0.3 is 5.97 Å². The van der Waals surface area contributed by atoms with Crippen LogP contribution in [0.5, 0.6) is 0 Å². The molecule has 0 aliphatic rings. The highest BCUT2D eigenvalue weighted by molar-refractivity contribution is 5.89. The van der Waals surface area contributed by atoms with Crippen molar-refractivity contribution in [2.45, 2.75) is 45.1 Å². The van der Waals surface area contributed by atoms with E-state index in [2.05, 4.69) is 4.98 Å². The van der Waals surface area contributed by atoms with Crippen LogP contribution in [0, 0.1) is 6.92 Å². The monoisotopic (exact) mass is 379 g/mol. The van der Waals surface area contributed by atoms with Gasteiger partial charge in [0.25, 0.3) is 5.56 Å². The largest absolute Gasteiger partial charge is 0.476 e. The van der Waals surface area contributed by atoms with E-state index >= 15 is 0 Å². The van der Waals surface area contributed by atoms with Gasteiger partial charge in [0.1, 0.15) is 12.2 Å². The Bertz CT molecular complexity index is 908. The summed E-state index contributed by atoms with van der Waals surface area (Å²) in [5.74, 6) is -1.48. The molecule has 2 rings (SSSR count). The third-order valence-corrected chi connectivity index (χ3v) is 4.52. The summed E-state index contributed by atoms with van der Waals surface area (Å²) in [5, 5.41) is 39.3. The van der Waals surface area contributed by atoms with Crippen molar-refractivity contribution in [3.05, 3.63) is 33.7 Å². The van der Waals surface area contributed by atoms with Crippen LogP contribution in [0.15, 0.2) is 16.9 Å². The van der Waals surface area contributed by atoms with Gasteiger partial charge in [0, 0.05) is 19.8 Å². The first-order valence-electron chi connectivity index (χ1n) is 8.58. The number of aliphatic hydroxyl groups is 3. The zero-order valence-electron chi connectivity index (χ0n) is 15.7. The molecule has 0 saturated heterocycles. The Balaban J connectivity index is 2.70. The number of nitrogens with zero attached hydrogens (tertiary/aromatic N) is 3. The molecule has 27 heavy (non-hydrogen) atoms. The van der Waals surface area contributed by atoms with Crippen LogP contribution in [0.4, 0.5) is 5.69 Å². The van der Waals surface area contributed by atoms with E-state index in [1.165, 1.54) is 0 Å². The molecule has 0 aliphatic heterocycles. The molecule has 0 radical (unpaired) electrons. The van der Waals surface area contributed by atoms with Gasteiger partial charge in [-0.05, 0) is 31.0 Å². The Kier molecular flexibility index (Phi) is 6.19. The molecule has 2 aromatic rings. The van der Waals surface area contributed by atoms with E-state index in [0.29, 0.717) is 5.52 Å². The summed E-state index contributed by atoms with van der Waals surface area (Å²) >= 11 is 0. The van der Waals surface area contributed by atoms with Crippen molar-refractivity contribution in [1.29, 1.82) is 0 Å². The molecule has 0 amide bonds. The Morgan fingerprint density at radius 2 is 1.85 bits per heavy atom. The van der Waals surface area contributed by atoms with Crippen LogP contribution in [0.3, 0.4) is 0 Å². The highest BCUT2D eigenvalue weighted by Crippen LogP contribution is 2.24. The second-order valence-electron chi connectivity index (χ2n) is 6.74. The molecule has 3 atom stereocenters. The van der Waals surface area contributed by atoms with Crippen LogP contribution in [-0.4, -0.2) is 68.4 Å². The summed E-state index contributed by atoms with van der Waals surface area (Å²) in [6.45, 7) is 3.10. The number of aryl methyl sites for hydroxylation is 1. The van der Waals surface area contributed by atoms with Gasteiger partial charge in [-0.15, -0.1) is 0 Å². The zero-order valence-corrected chi connectivity index (χ0v) is 15.7. The normalized spacial score (nSPS) is 14.8. The maximum Gasteiger partial charge on any atom is 0.360 e. The molecular weight excluding hydrogens is 354 g/mol. The van der Waals surface area contributed by atoms with Gasteiger partial charge in [0.05, 0.1) is 23.7 Å². The molecule has 148 valence electrons. The number of carboxylic acids is 1. The predicted molar refractivity (Wildman–Crippen MR) is 100 cm³/mol. The minimum absolute atomic E-state index is 0.217. The highest BCUT2D eigenvalue weighted by Gasteiger charge is 2.26. The number of fused-ring (bicyclic) bond motifs is 1. The molecule has 4 N–H and O–H groups in total. The number of aromatic carboxylic acids is 1. The van der Waals surface area contributed by atoms with Gasteiger partial charge in [-0.25, -0.2) is 9.78 Å². The lowest BCUT2D eigenvalue weighted by Crippen LogP contribution is -2.42. The summed E-state index contributed by atoms with van der Waals surface area (Å²) < 4.78 is 1.08. The van der Waals surface area contributed by atoms with Crippen molar-refractivity contribution in [1.82, 2.24) is 9.55 Å². The molecule has 9 nitrogen and oxygen atoms in total. The van der Waals surface area contributed by atoms with E-state index in [0.717, 1.165) is 15.8 Å². The van der Waals surface area contributed by atoms with E-state index in [9.17, 15) is 30.0 Å². The van der Waals surface area contributed by atoms with Crippen LogP contribution < -0.4 is 10.5 Å². The number of rotatable bonds is 7. The van der Waals surface area contributed by atoms with Gasteiger partial charge < -0.3 is 29.9 Å². The molecule has 1 aromatic carbocycles. The SMILES string of the molecule is CC[C@@H](O)[C@@H](O)[C@@H](O)Cn1c(=O)c(C(=O)O)nc2cc(C)c(N(C)C)cc21. The van der Waals surface area contributed by atoms with Gasteiger partial charge in [0.2, 0.25) is 5.69 Å². The molecule has 1 heterocycles. The summed E-state index contributed by atoms with van der Waals surface area (Å²) in [4.78, 5) is 29.8. The third kappa shape index (κ3) is 4.10. The first kappa shape index (κ1) is 20.8. The number of carboxylic acid groups (broad SMARTS) is 1. The maximum absolute atomic E-state index is 12.6. The lowest BCUT2D eigenvalue weighted by atomic mass is 10.1. The second kappa shape index (κ2) is 8.03. The summed E-state index contributed by atoms with van der Waals surface area (Å²) in [7, 11) is 3.65. The average Bonchev–Trinajstić information content (AvgIpc) is 2.61. The molecule has 9 heteroatoms. The minimum atomic E-state index is -1.48. The topological polar surface area (TPSA) is 136 Å². The van der Waals surface area contributed by atoms with Crippen molar-refractivity contribution >= 4 is 22.7 Å². The van der Waals surface area contributed by atoms with E-state index in [-0.39, 0.29) is 18.5 Å². The molecule has 0 spiro atoms. The first-order valence-corrected chi connectivity index (χ1v) is 8.58. The number of hydrogen-bond acceptors (Lipinski definition) is 7. The molecular formula is C18H25N3O6. The molecule has 0 saturated carbocycles. The van der Waals surface area contributed by atoms with Crippen molar-refractivity contribution in [2.75, 3.05) is 19.0 Å². The number of carbonyl (C=O) groups is 1. The standard InChI is InChI=1S/C18H25N3O6/c1-5-13(22)16(24)14(23)8-21-12-7-11(20(3)4)9(2)6-10(12)19-15(17(21)25)18(26)27/h6-7,13-14,16,22-24H,5,8H2,1-4H3,(H,26,27)/t13-,14+,16-/m1/s1. The highest BCUT2D eigenvalue weighted by atomic mass is 16.4. The smallest absolute Gasteiger partial charge is 0.360 e. The van der Waals surface area contributed by atoms with Gasteiger partial charge in [-0.1, -0.05) is 6.92 Å². The number of aromatic nitrogens is 2. The lowest BCUT2D eigenvalue weighted by Gasteiger charge is -2.24. The Morgan fingerprint density at radius 1 is 1.22 bits per heavy atom. The minimum Gasteiger partial charge on any atom is -0.476 e. The lowest BCUT2D eigenvalue weighted by molar-refractivity contribution is -0.0651. The zero-order chi connectivity index (χ0) is 20.5. The molecule has 0 unspecified atom stereocenters. The number of hydrogen-bond donors (Lipinski definition) is 4. The van der Waals surface area contributed by atoms with Crippen LogP contribution in [-0.2, 0) is 6.54 Å². The van der Waals surface area contributed by atoms with Crippen LogP contribution >= 0.6 is 0 Å². The van der Waals surface area contributed by atoms with Crippen molar-refractivity contribution in [3.63, 3.8) is 0 Å². The van der Waals surface area contributed by atoms with Gasteiger partial charge in [0.15, 0.2) is 0 Å². The van der Waals surface area contributed by atoms with Crippen molar-refractivity contribution in [2.24, 2.45) is 0 Å². The maximum atomic E-state index is 12.6. The summed E-state index contributed by atoms with van der Waals surface area (Å²) in [6, 6.07) is 3.34. The van der Waals surface area contributed by atoms with Crippen LogP contribution in [0.2, 0.25) is 0 Å².